The molecule has 4 rings (SSSR count). The van der Waals surface area contributed by atoms with Crippen molar-refractivity contribution >= 4 is 39.2 Å². The molecule has 1 saturated carbocycles. The van der Waals surface area contributed by atoms with E-state index in [1.54, 1.807) is 22.0 Å². The molecule has 7 heteroatoms. The van der Waals surface area contributed by atoms with Gasteiger partial charge < -0.3 is 4.90 Å². The number of aromatic nitrogens is 2. The standard InChI is InChI=1S/C21H27N3O2S2/c1-3-12-24-20(26)18-15-10-7-11-16(15)28-19(18)22-21(24)27-13-17(25)23(2)14-8-5-4-6-9-14/h3,14H,1,4-13H2,2H3. The van der Waals surface area contributed by atoms with Crippen LogP contribution in [-0.4, -0.2) is 39.2 Å². The molecule has 0 atom stereocenters. The monoisotopic (exact) mass is 417 g/mol. The summed E-state index contributed by atoms with van der Waals surface area (Å²) in [5.41, 5.74) is 1.21. The molecular formula is C21H27N3O2S2. The van der Waals surface area contributed by atoms with Gasteiger partial charge in [-0.2, -0.15) is 0 Å². The van der Waals surface area contributed by atoms with Crippen LogP contribution in [0.5, 0.6) is 0 Å². The Morgan fingerprint density at radius 3 is 2.86 bits per heavy atom. The van der Waals surface area contributed by atoms with Crippen LogP contribution in [0, 0.1) is 0 Å². The third kappa shape index (κ3) is 3.66. The first-order chi connectivity index (χ1) is 13.6. The second-order valence-corrected chi connectivity index (χ2v) is 9.75. The van der Waals surface area contributed by atoms with Gasteiger partial charge in [0.1, 0.15) is 4.83 Å². The van der Waals surface area contributed by atoms with Crippen LogP contribution in [-0.2, 0) is 24.2 Å². The number of amides is 1. The second-order valence-electron chi connectivity index (χ2n) is 7.72. The maximum absolute atomic E-state index is 13.2. The highest BCUT2D eigenvalue weighted by molar-refractivity contribution is 7.99. The summed E-state index contributed by atoms with van der Waals surface area (Å²) in [7, 11) is 1.91. The average molecular weight is 418 g/mol. The van der Waals surface area contributed by atoms with Crippen LogP contribution in [0.1, 0.15) is 49.0 Å². The molecule has 2 aromatic rings. The lowest BCUT2D eigenvalue weighted by Crippen LogP contribution is -2.39. The SMILES string of the molecule is C=CCn1c(SCC(=O)N(C)C2CCCCC2)nc2sc3c(c2c1=O)CCC3. The number of hydrogen-bond acceptors (Lipinski definition) is 5. The van der Waals surface area contributed by atoms with Crippen LogP contribution >= 0.6 is 23.1 Å². The maximum Gasteiger partial charge on any atom is 0.263 e. The van der Waals surface area contributed by atoms with Crippen LogP contribution in [0.15, 0.2) is 22.6 Å². The van der Waals surface area contributed by atoms with Crippen molar-refractivity contribution in [1.29, 1.82) is 0 Å². The fourth-order valence-corrected chi connectivity index (χ4v) is 6.59. The lowest BCUT2D eigenvalue weighted by atomic mass is 9.94. The molecule has 2 aliphatic carbocycles. The Hall–Kier alpha value is -1.60. The number of thiophene rings is 1. The summed E-state index contributed by atoms with van der Waals surface area (Å²) in [4.78, 5) is 34.7. The van der Waals surface area contributed by atoms with Gasteiger partial charge in [0.15, 0.2) is 5.16 Å². The zero-order chi connectivity index (χ0) is 19.7. The quantitative estimate of drug-likeness (QED) is 0.405. The van der Waals surface area contributed by atoms with E-state index in [2.05, 4.69) is 6.58 Å². The number of hydrogen-bond donors (Lipinski definition) is 0. The van der Waals surface area contributed by atoms with Gasteiger partial charge in [0.05, 0.1) is 11.1 Å². The third-order valence-electron chi connectivity index (χ3n) is 5.94. The van der Waals surface area contributed by atoms with E-state index in [-0.39, 0.29) is 11.5 Å². The largest absolute Gasteiger partial charge is 0.342 e. The molecule has 2 aliphatic rings. The fourth-order valence-electron chi connectivity index (χ4n) is 4.36. The van der Waals surface area contributed by atoms with Gasteiger partial charge in [-0.15, -0.1) is 17.9 Å². The Morgan fingerprint density at radius 2 is 2.11 bits per heavy atom. The first-order valence-corrected chi connectivity index (χ1v) is 11.9. The molecular weight excluding hydrogens is 390 g/mol. The molecule has 28 heavy (non-hydrogen) atoms. The summed E-state index contributed by atoms with van der Waals surface area (Å²) in [5, 5.41) is 1.41. The minimum Gasteiger partial charge on any atom is -0.342 e. The van der Waals surface area contributed by atoms with Crippen molar-refractivity contribution in [3.8, 4) is 0 Å². The van der Waals surface area contributed by atoms with Crippen molar-refractivity contribution in [2.45, 2.75) is 69.1 Å². The molecule has 0 radical (unpaired) electrons. The highest BCUT2D eigenvalue weighted by Gasteiger charge is 2.25. The van der Waals surface area contributed by atoms with Crippen molar-refractivity contribution in [2.24, 2.45) is 0 Å². The van der Waals surface area contributed by atoms with Crippen molar-refractivity contribution in [2.75, 3.05) is 12.8 Å². The average Bonchev–Trinajstić information content (AvgIpc) is 3.29. The molecule has 2 aromatic heterocycles. The van der Waals surface area contributed by atoms with E-state index in [0.29, 0.717) is 23.5 Å². The van der Waals surface area contributed by atoms with Gasteiger partial charge in [0.25, 0.3) is 5.56 Å². The smallest absolute Gasteiger partial charge is 0.263 e. The summed E-state index contributed by atoms with van der Waals surface area (Å²) in [5.74, 6) is 0.428. The van der Waals surface area contributed by atoms with Crippen molar-refractivity contribution < 1.29 is 4.79 Å². The van der Waals surface area contributed by atoms with Crippen LogP contribution in [0.25, 0.3) is 10.2 Å². The number of nitrogens with zero attached hydrogens (tertiary/aromatic N) is 3. The number of aryl methyl sites for hydroxylation is 2. The lowest BCUT2D eigenvalue weighted by Gasteiger charge is -2.31. The van der Waals surface area contributed by atoms with E-state index >= 15 is 0 Å². The van der Waals surface area contributed by atoms with Gasteiger partial charge in [-0.05, 0) is 37.7 Å². The molecule has 0 unspecified atom stereocenters. The van der Waals surface area contributed by atoms with Crippen molar-refractivity contribution in [3.05, 3.63) is 33.4 Å². The Kier molecular flexibility index (Phi) is 5.92. The molecule has 2 heterocycles. The number of thioether (sulfide) groups is 1. The zero-order valence-corrected chi connectivity index (χ0v) is 18.0. The second kappa shape index (κ2) is 8.41. The van der Waals surface area contributed by atoms with Gasteiger partial charge in [-0.3, -0.25) is 14.2 Å². The van der Waals surface area contributed by atoms with E-state index in [4.69, 9.17) is 4.98 Å². The van der Waals surface area contributed by atoms with Gasteiger partial charge in [-0.1, -0.05) is 37.1 Å². The van der Waals surface area contributed by atoms with E-state index in [1.165, 1.54) is 41.5 Å². The van der Waals surface area contributed by atoms with Crippen LogP contribution in [0.4, 0.5) is 0 Å². The van der Waals surface area contributed by atoms with E-state index in [0.717, 1.165) is 42.3 Å². The summed E-state index contributed by atoms with van der Waals surface area (Å²) >= 11 is 3.02. The van der Waals surface area contributed by atoms with E-state index in [1.807, 2.05) is 11.9 Å². The van der Waals surface area contributed by atoms with Gasteiger partial charge in [-0.25, -0.2) is 4.98 Å². The Bertz CT molecular complexity index is 957. The zero-order valence-electron chi connectivity index (χ0n) is 16.4. The fraction of sp³-hybridized carbons (Fsp3) is 0.571. The number of allylic oxidation sites excluding steroid dienone is 1. The molecule has 150 valence electrons. The minimum absolute atomic E-state index is 0.0138. The number of fused-ring (bicyclic) bond motifs is 3. The highest BCUT2D eigenvalue weighted by Crippen LogP contribution is 2.35. The summed E-state index contributed by atoms with van der Waals surface area (Å²) in [6.45, 7) is 4.21. The number of carbonyl (C=O) groups is 1. The first kappa shape index (κ1) is 19.7. The molecule has 5 nitrogen and oxygen atoms in total. The Morgan fingerprint density at radius 1 is 1.32 bits per heavy atom. The van der Waals surface area contributed by atoms with Gasteiger partial charge >= 0.3 is 0 Å². The predicted molar refractivity (Wildman–Crippen MR) is 116 cm³/mol. The number of rotatable bonds is 6. The normalized spacial score (nSPS) is 17.0. The van der Waals surface area contributed by atoms with Crippen LogP contribution in [0.2, 0.25) is 0 Å². The molecule has 0 aromatic carbocycles. The summed E-state index contributed by atoms with van der Waals surface area (Å²) in [6, 6.07) is 0.355. The topological polar surface area (TPSA) is 55.2 Å². The molecule has 0 aliphatic heterocycles. The highest BCUT2D eigenvalue weighted by atomic mass is 32.2. The molecule has 0 N–H and O–H groups in total. The number of carbonyl (C=O) groups excluding carboxylic acids is 1. The van der Waals surface area contributed by atoms with Crippen molar-refractivity contribution in [3.63, 3.8) is 0 Å². The predicted octanol–water partition coefficient (Wildman–Crippen LogP) is 4.02. The van der Waals surface area contributed by atoms with Crippen LogP contribution in [0.3, 0.4) is 0 Å². The van der Waals surface area contributed by atoms with Gasteiger partial charge in [0, 0.05) is 24.5 Å². The lowest BCUT2D eigenvalue weighted by molar-refractivity contribution is -0.129. The van der Waals surface area contributed by atoms with Crippen LogP contribution < -0.4 is 5.56 Å². The third-order valence-corrected chi connectivity index (χ3v) is 8.09. The Labute approximate surface area is 173 Å². The van der Waals surface area contributed by atoms with Gasteiger partial charge in [0.2, 0.25) is 5.91 Å². The van der Waals surface area contributed by atoms with E-state index in [9.17, 15) is 9.59 Å². The summed E-state index contributed by atoms with van der Waals surface area (Å²) in [6.07, 6.45) is 10.7. The molecule has 0 bridgehead atoms. The first-order valence-electron chi connectivity index (χ1n) is 10.1. The minimum atomic E-state index is 0.0138. The molecule has 1 fully saturated rings. The van der Waals surface area contributed by atoms with Crippen molar-refractivity contribution in [1.82, 2.24) is 14.5 Å². The molecule has 0 spiro atoms. The van der Waals surface area contributed by atoms with E-state index < -0.39 is 0 Å². The maximum atomic E-state index is 13.2. The summed E-state index contributed by atoms with van der Waals surface area (Å²) < 4.78 is 1.68. The molecule has 0 saturated heterocycles. The Balaban J connectivity index is 1.57. The molecule has 1 amide bonds.